The molecule has 164 valence electrons. The van der Waals surface area contributed by atoms with Gasteiger partial charge in [-0.05, 0) is 24.3 Å². The summed E-state index contributed by atoms with van der Waals surface area (Å²) in [6.07, 6.45) is 2.99. The molecule has 14 heteroatoms. The van der Waals surface area contributed by atoms with E-state index >= 15 is 0 Å². The predicted molar refractivity (Wildman–Crippen MR) is 107 cm³/mol. The molecule has 2 heterocycles. The summed E-state index contributed by atoms with van der Waals surface area (Å²) in [6.45, 7) is -0.875. The zero-order valence-electron chi connectivity index (χ0n) is 16.2. The Morgan fingerprint density at radius 2 is 1.19 bits per heavy atom. The van der Waals surface area contributed by atoms with Crippen LogP contribution in [0.3, 0.4) is 0 Å². The molecule has 13 nitrogen and oxygen atoms in total. The normalized spacial score (nSPS) is 10.3. The Hall–Kier alpha value is -4.59. The minimum Gasteiger partial charge on any atom is -0.390 e. The second-order valence-electron chi connectivity index (χ2n) is 6.15. The van der Waals surface area contributed by atoms with Gasteiger partial charge in [-0.25, -0.2) is 13.8 Å². The van der Waals surface area contributed by atoms with Crippen molar-refractivity contribution in [3.8, 4) is 11.4 Å². The van der Waals surface area contributed by atoms with Gasteiger partial charge in [-0.15, -0.1) is 10.2 Å². The number of nitro groups is 2. The summed E-state index contributed by atoms with van der Waals surface area (Å²) < 4.78 is 15.0. The van der Waals surface area contributed by atoms with E-state index in [4.69, 9.17) is 5.11 Å². The molecule has 0 unspecified atom stereocenters. The summed E-state index contributed by atoms with van der Waals surface area (Å²) >= 11 is 0. The number of hydrogen-bond acceptors (Lipinski definition) is 9. The van der Waals surface area contributed by atoms with E-state index in [-0.39, 0.29) is 23.7 Å². The number of aromatic nitrogens is 6. The lowest BCUT2D eigenvalue weighted by Crippen LogP contribution is -1.95. The van der Waals surface area contributed by atoms with Crippen LogP contribution in [0.5, 0.6) is 0 Å². The maximum Gasteiger partial charge on any atom is 0.269 e. The van der Waals surface area contributed by atoms with Crippen molar-refractivity contribution in [2.45, 2.75) is 13.3 Å². The Morgan fingerprint density at radius 1 is 0.781 bits per heavy atom. The Labute approximate surface area is 178 Å². The van der Waals surface area contributed by atoms with Crippen molar-refractivity contribution < 1.29 is 19.3 Å². The molecule has 4 aromatic rings. The highest BCUT2D eigenvalue weighted by molar-refractivity contribution is 5.41. The van der Waals surface area contributed by atoms with Gasteiger partial charge in [0.1, 0.15) is 18.1 Å². The van der Waals surface area contributed by atoms with E-state index in [0.29, 0.717) is 17.1 Å². The first-order chi connectivity index (χ1) is 15.4. The Kier molecular flexibility index (Phi) is 6.87. The maximum absolute atomic E-state index is 12.2. The molecular weight excluding hydrogens is 427 g/mol. The van der Waals surface area contributed by atoms with Crippen LogP contribution in [0, 0.1) is 20.2 Å². The van der Waals surface area contributed by atoms with Crippen LogP contribution in [-0.2, 0) is 13.3 Å². The largest absolute Gasteiger partial charge is 0.390 e. The van der Waals surface area contributed by atoms with Crippen LogP contribution in [0.1, 0.15) is 11.4 Å². The number of rotatable bonds is 6. The minimum absolute atomic E-state index is 0.00502. The van der Waals surface area contributed by atoms with Gasteiger partial charge in [-0.3, -0.25) is 20.2 Å². The van der Waals surface area contributed by atoms with Gasteiger partial charge >= 0.3 is 0 Å². The summed E-state index contributed by atoms with van der Waals surface area (Å²) in [5.41, 5.74) is 1.92. The first-order valence-corrected chi connectivity index (χ1v) is 8.90. The molecule has 2 aromatic carbocycles. The van der Waals surface area contributed by atoms with E-state index in [0.717, 1.165) is 0 Å². The molecular formula is C18H15FN8O5. The molecule has 32 heavy (non-hydrogen) atoms. The number of aliphatic hydroxyl groups is 1. The van der Waals surface area contributed by atoms with Crippen LogP contribution in [0.2, 0.25) is 0 Å². The topological polar surface area (TPSA) is 168 Å². The number of nitrogens with zero attached hydrogens (tertiary/aromatic N) is 8. The lowest BCUT2D eigenvalue weighted by Gasteiger charge is -1.98. The maximum atomic E-state index is 12.2. The third-order valence-electron chi connectivity index (χ3n) is 4.03. The number of non-ortho nitro benzene ring substituents is 2. The van der Waals surface area contributed by atoms with Crippen LogP contribution in [0.25, 0.3) is 11.4 Å². The van der Waals surface area contributed by atoms with Crippen molar-refractivity contribution in [3.05, 3.63) is 92.5 Å². The van der Waals surface area contributed by atoms with Gasteiger partial charge in [-0.1, -0.05) is 10.4 Å². The van der Waals surface area contributed by atoms with Crippen LogP contribution in [0.15, 0.2) is 60.9 Å². The molecule has 0 aliphatic rings. The molecule has 0 radical (unpaired) electrons. The van der Waals surface area contributed by atoms with E-state index in [9.17, 15) is 24.6 Å². The predicted octanol–water partition coefficient (Wildman–Crippen LogP) is 2.31. The molecule has 0 atom stereocenters. The molecule has 0 bridgehead atoms. The number of nitro benzene ring substituents is 2. The van der Waals surface area contributed by atoms with Gasteiger partial charge in [0.05, 0.1) is 40.2 Å². The summed E-state index contributed by atoms with van der Waals surface area (Å²) in [5, 5.41) is 44.4. The molecule has 0 amide bonds. The average molecular weight is 442 g/mol. The van der Waals surface area contributed by atoms with Gasteiger partial charge in [0.15, 0.2) is 0 Å². The SMILES string of the molecule is O=[N+]([O-])c1ccc(-n2cc(CF)nn2)cc1.O=[N+]([O-])c1ccc(-n2cc(CO)nn2)cc1. The van der Waals surface area contributed by atoms with Gasteiger partial charge in [0.2, 0.25) is 0 Å². The number of hydrogen-bond donors (Lipinski definition) is 1. The van der Waals surface area contributed by atoms with E-state index in [1.165, 1.54) is 52.0 Å². The van der Waals surface area contributed by atoms with E-state index < -0.39 is 16.5 Å². The zero-order chi connectivity index (χ0) is 23.1. The fraction of sp³-hybridized carbons (Fsp3) is 0.111. The lowest BCUT2D eigenvalue weighted by molar-refractivity contribution is -0.385. The molecule has 0 aliphatic carbocycles. The third kappa shape index (κ3) is 5.31. The third-order valence-corrected chi connectivity index (χ3v) is 4.03. The van der Waals surface area contributed by atoms with Crippen molar-refractivity contribution in [2.24, 2.45) is 0 Å². The van der Waals surface area contributed by atoms with Gasteiger partial charge in [0, 0.05) is 24.3 Å². The number of halogens is 1. The molecule has 0 saturated carbocycles. The monoisotopic (exact) mass is 442 g/mol. The molecule has 4 rings (SSSR count). The van der Waals surface area contributed by atoms with Crippen molar-refractivity contribution in [2.75, 3.05) is 0 Å². The first kappa shape index (κ1) is 22.1. The number of aliphatic hydroxyl groups excluding tert-OH is 1. The summed E-state index contributed by atoms with van der Waals surface area (Å²) in [7, 11) is 0. The average Bonchev–Trinajstić information content (AvgIpc) is 3.49. The van der Waals surface area contributed by atoms with Crippen molar-refractivity contribution in [1.29, 1.82) is 0 Å². The second-order valence-corrected chi connectivity index (χ2v) is 6.15. The first-order valence-electron chi connectivity index (χ1n) is 8.90. The highest BCUT2D eigenvalue weighted by Gasteiger charge is 2.07. The van der Waals surface area contributed by atoms with Crippen molar-refractivity contribution in [3.63, 3.8) is 0 Å². The quantitative estimate of drug-likeness (QED) is 0.348. The Morgan fingerprint density at radius 3 is 1.50 bits per heavy atom. The molecule has 1 N–H and O–H groups in total. The van der Waals surface area contributed by atoms with Gasteiger partial charge < -0.3 is 5.11 Å². The van der Waals surface area contributed by atoms with Crippen molar-refractivity contribution in [1.82, 2.24) is 30.0 Å². The van der Waals surface area contributed by atoms with E-state index in [1.807, 2.05) is 0 Å². The summed E-state index contributed by atoms with van der Waals surface area (Å²) in [4.78, 5) is 19.9. The Balaban J connectivity index is 0.000000181. The van der Waals surface area contributed by atoms with E-state index in [2.05, 4.69) is 20.6 Å². The Bertz CT molecular complexity index is 1110. The molecule has 0 spiro atoms. The van der Waals surface area contributed by atoms with Gasteiger partial charge in [0.25, 0.3) is 11.4 Å². The fourth-order valence-electron chi connectivity index (χ4n) is 2.44. The number of alkyl halides is 1. The lowest BCUT2D eigenvalue weighted by atomic mass is 10.3. The second kappa shape index (κ2) is 9.94. The standard InChI is InChI=1S/C9H7FN4O2.C9H8N4O3/c10-5-7-6-13(12-11-7)8-1-3-9(4-2-8)14(15)16;14-6-7-5-12(11-10-7)8-1-3-9(4-2-8)13(15)16/h1-4,6H,5H2;1-5,14H,6H2. The highest BCUT2D eigenvalue weighted by atomic mass is 19.1. The van der Waals surface area contributed by atoms with Crippen molar-refractivity contribution >= 4 is 11.4 Å². The molecule has 0 aliphatic heterocycles. The zero-order valence-corrected chi connectivity index (χ0v) is 16.2. The van der Waals surface area contributed by atoms with Crippen LogP contribution >= 0.6 is 0 Å². The molecule has 2 aromatic heterocycles. The van der Waals surface area contributed by atoms with Crippen LogP contribution in [-0.4, -0.2) is 44.9 Å². The summed E-state index contributed by atoms with van der Waals surface area (Å²) in [5.74, 6) is 0. The van der Waals surface area contributed by atoms with Crippen LogP contribution < -0.4 is 0 Å². The smallest absolute Gasteiger partial charge is 0.269 e. The van der Waals surface area contributed by atoms with Crippen LogP contribution in [0.4, 0.5) is 15.8 Å². The minimum atomic E-state index is -0.688. The number of benzene rings is 2. The molecule has 0 fully saturated rings. The molecule has 0 saturated heterocycles. The summed E-state index contributed by atoms with van der Waals surface area (Å²) in [6, 6.07) is 11.6. The highest BCUT2D eigenvalue weighted by Crippen LogP contribution is 2.15. The van der Waals surface area contributed by atoms with Gasteiger partial charge in [-0.2, -0.15) is 0 Å². The van der Waals surface area contributed by atoms with E-state index in [1.54, 1.807) is 18.3 Å². The fourth-order valence-corrected chi connectivity index (χ4v) is 2.44.